The molecule has 1 amide bonds. The van der Waals surface area contributed by atoms with Gasteiger partial charge < -0.3 is 10.8 Å². The molecule has 0 fully saturated rings. The van der Waals surface area contributed by atoms with Crippen LogP contribution in [0.3, 0.4) is 0 Å². The molecule has 0 saturated carbocycles. The van der Waals surface area contributed by atoms with Crippen LogP contribution >= 0.6 is 0 Å². The lowest BCUT2D eigenvalue weighted by Gasteiger charge is -2.23. The molecule has 0 radical (unpaired) electrons. The third-order valence-corrected chi connectivity index (χ3v) is 4.12. The third kappa shape index (κ3) is 3.47. The molecular weight excluding hydrogens is 316 g/mol. The van der Waals surface area contributed by atoms with Gasteiger partial charge in [0.2, 0.25) is 5.91 Å². The van der Waals surface area contributed by atoms with Gasteiger partial charge in [-0.25, -0.2) is 0 Å². The van der Waals surface area contributed by atoms with E-state index in [1.165, 1.54) is 4.80 Å². The molecule has 0 aliphatic carbocycles. The second kappa shape index (κ2) is 6.20. The number of nitrogens with zero attached hydrogens (tertiary/aromatic N) is 3. The first kappa shape index (κ1) is 17.0. The summed E-state index contributed by atoms with van der Waals surface area (Å²) in [5.74, 6) is -0.203. The quantitative estimate of drug-likeness (QED) is 0.765. The molecule has 1 heterocycles. The molecule has 3 rings (SSSR count). The molecule has 0 aliphatic rings. The highest BCUT2D eigenvalue weighted by Gasteiger charge is 2.23. The number of carbonyl (C=O) groups is 1. The number of amides is 1. The minimum absolute atomic E-state index is 0.149. The zero-order valence-corrected chi connectivity index (χ0v) is 14.7. The van der Waals surface area contributed by atoms with Gasteiger partial charge in [-0.2, -0.15) is 0 Å². The normalized spacial score (nSPS) is 11.8. The van der Waals surface area contributed by atoms with Crippen LogP contribution < -0.4 is 5.73 Å². The lowest BCUT2D eigenvalue weighted by atomic mass is 9.84. The molecular formula is C19H22N4O2. The lowest BCUT2D eigenvalue weighted by molar-refractivity contribution is -0.117. The van der Waals surface area contributed by atoms with Crippen molar-refractivity contribution >= 4 is 16.9 Å². The molecule has 0 spiro atoms. The number of hydrogen-bond acceptors (Lipinski definition) is 4. The summed E-state index contributed by atoms with van der Waals surface area (Å²) in [5.41, 5.74) is 8.71. The van der Waals surface area contributed by atoms with Crippen LogP contribution in [0, 0.1) is 0 Å². The molecule has 3 aromatic rings. The number of aryl methyl sites for hydroxylation is 1. The van der Waals surface area contributed by atoms with E-state index < -0.39 is 0 Å². The number of benzene rings is 2. The zero-order valence-electron chi connectivity index (χ0n) is 14.7. The number of phenols is 1. The predicted octanol–water partition coefficient (Wildman–Crippen LogP) is 2.84. The standard InChI is InChI=1S/C19H22N4O2/c1-19(2,3)13-10-12(8-9-17(20)24)11-16(18(13)25)23-21-14-6-4-5-7-15(14)22-23/h4-7,10-11,25H,8-9H2,1-3H3,(H2,20,24). The molecule has 25 heavy (non-hydrogen) atoms. The summed E-state index contributed by atoms with van der Waals surface area (Å²) in [4.78, 5) is 12.6. The minimum atomic E-state index is -0.352. The average molecular weight is 338 g/mol. The maximum absolute atomic E-state index is 11.1. The molecule has 0 bridgehead atoms. The van der Waals surface area contributed by atoms with Gasteiger partial charge in [-0.1, -0.05) is 39.0 Å². The zero-order chi connectivity index (χ0) is 18.2. The van der Waals surface area contributed by atoms with Gasteiger partial charge >= 0.3 is 0 Å². The van der Waals surface area contributed by atoms with E-state index in [-0.39, 0.29) is 23.5 Å². The van der Waals surface area contributed by atoms with Crippen molar-refractivity contribution in [2.24, 2.45) is 5.73 Å². The monoisotopic (exact) mass is 338 g/mol. The largest absolute Gasteiger partial charge is 0.505 e. The van der Waals surface area contributed by atoms with Crippen LogP contribution in [0.5, 0.6) is 5.75 Å². The smallest absolute Gasteiger partial charge is 0.217 e. The fourth-order valence-corrected chi connectivity index (χ4v) is 2.78. The Morgan fingerprint density at radius 2 is 1.76 bits per heavy atom. The van der Waals surface area contributed by atoms with Crippen molar-refractivity contribution in [3.05, 3.63) is 47.5 Å². The van der Waals surface area contributed by atoms with Crippen LogP contribution in [-0.2, 0) is 16.6 Å². The van der Waals surface area contributed by atoms with Crippen LogP contribution in [0.4, 0.5) is 0 Å². The van der Waals surface area contributed by atoms with Crippen LogP contribution in [-0.4, -0.2) is 26.0 Å². The van der Waals surface area contributed by atoms with Crippen molar-refractivity contribution in [3.63, 3.8) is 0 Å². The summed E-state index contributed by atoms with van der Waals surface area (Å²) in [5, 5.41) is 19.7. The average Bonchev–Trinajstić information content (AvgIpc) is 2.96. The fourth-order valence-electron chi connectivity index (χ4n) is 2.78. The van der Waals surface area contributed by atoms with Crippen LogP contribution in [0.2, 0.25) is 0 Å². The first-order chi connectivity index (χ1) is 11.8. The first-order valence-electron chi connectivity index (χ1n) is 8.23. The third-order valence-electron chi connectivity index (χ3n) is 4.12. The molecule has 0 unspecified atom stereocenters. The van der Waals surface area contributed by atoms with Crippen molar-refractivity contribution in [1.82, 2.24) is 15.0 Å². The number of carbonyl (C=O) groups excluding carboxylic acids is 1. The Morgan fingerprint density at radius 1 is 1.16 bits per heavy atom. The lowest BCUT2D eigenvalue weighted by Crippen LogP contribution is -2.15. The van der Waals surface area contributed by atoms with Gasteiger partial charge in [0, 0.05) is 12.0 Å². The second-order valence-corrected chi connectivity index (χ2v) is 7.21. The predicted molar refractivity (Wildman–Crippen MR) is 96.7 cm³/mol. The Balaban J connectivity index is 2.16. The topological polar surface area (TPSA) is 94.0 Å². The van der Waals surface area contributed by atoms with Gasteiger partial charge in [0.05, 0.1) is 0 Å². The Kier molecular flexibility index (Phi) is 4.20. The van der Waals surface area contributed by atoms with Crippen molar-refractivity contribution in [2.75, 3.05) is 0 Å². The maximum Gasteiger partial charge on any atom is 0.217 e. The van der Waals surface area contributed by atoms with Crippen molar-refractivity contribution in [2.45, 2.75) is 39.0 Å². The van der Waals surface area contributed by atoms with Crippen molar-refractivity contribution in [3.8, 4) is 11.4 Å². The number of phenolic OH excluding ortho intramolecular Hbond substituents is 1. The van der Waals surface area contributed by atoms with Crippen LogP contribution in [0.1, 0.15) is 38.3 Å². The molecule has 0 atom stereocenters. The van der Waals surface area contributed by atoms with Crippen LogP contribution in [0.15, 0.2) is 36.4 Å². The summed E-state index contributed by atoms with van der Waals surface area (Å²) in [7, 11) is 0. The maximum atomic E-state index is 11.1. The van der Waals surface area contributed by atoms with E-state index in [1.807, 2.05) is 57.2 Å². The Hall–Kier alpha value is -2.89. The Labute approximate surface area is 146 Å². The Bertz CT molecular complexity index is 905. The van der Waals surface area contributed by atoms with E-state index in [0.717, 1.165) is 22.2 Å². The highest BCUT2D eigenvalue weighted by atomic mass is 16.3. The molecule has 0 saturated heterocycles. The van der Waals surface area contributed by atoms with E-state index in [0.29, 0.717) is 12.1 Å². The number of rotatable bonds is 4. The summed E-state index contributed by atoms with van der Waals surface area (Å²) in [6, 6.07) is 11.3. The Morgan fingerprint density at radius 3 is 2.28 bits per heavy atom. The summed E-state index contributed by atoms with van der Waals surface area (Å²) >= 11 is 0. The number of fused-ring (bicyclic) bond motifs is 1. The molecule has 1 aromatic heterocycles. The fraction of sp³-hybridized carbons (Fsp3) is 0.316. The second-order valence-electron chi connectivity index (χ2n) is 7.21. The van der Waals surface area contributed by atoms with Gasteiger partial charge in [0.15, 0.2) is 0 Å². The summed E-state index contributed by atoms with van der Waals surface area (Å²) in [6.07, 6.45) is 0.759. The minimum Gasteiger partial charge on any atom is -0.505 e. The van der Waals surface area contributed by atoms with Gasteiger partial charge in [0.25, 0.3) is 0 Å². The van der Waals surface area contributed by atoms with E-state index in [2.05, 4.69) is 10.2 Å². The molecule has 6 heteroatoms. The molecule has 6 nitrogen and oxygen atoms in total. The SMILES string of the molecule is CC(C)(C)c1cc(CCC(N)=O)cc(-n2nc3ccccc3n2)c1O. The van der Waals surface area contributed by atoms with Gasteiger partial charge in [0.1, 0.15) is 22.5 Å². The van der Waals surface area contributed by atoms with Gasteiger partial charge in [-0.05, 0) is 35.6 Å². The van der Waals surface area contributed by atoms with E-state index in [1.54, 1.807) is 0 Å². The van der Waals surface area contributed by atoms with E-state index in [4.69, 9.17) is 5.73 Å². The van der Waals surface area contributed by atoms with E-state index >= 15 is 0 Å². The number of aromatic nitrogens is 3. The summed E-state index contributed by atoms with van der Waals surface area (Å²) in [6.45, 7) is 6.07. The number of hydrogen-bond donors (Lipinski definition) is 2. The number of nitrogens with two attached hydrogens (primary N) is 1. The number of primary amides is 1. The molecule has 3 N–H and O–H groups in total. The first-order valence-corrected chi connectivity index (χ1v) is 8.23. The molecule has 130 valence electrons. The van der Waals surface area contributed by atoms with Crippen molar-refractivity contribution < 1.29 is 9.90 Å². The highest BCUT2D eigenvalue weighted by molar-refractivity contribution is 5.74. The van der Waals surface area contributed by atoms with Crippen LogP contribution in [0.25, 0.3) is 16.7 Å². The number of aromatic hydroxyl groups is 1. The van der Waals surface area contributed by atoms with Gasteiger partial charge in [-0.15, -0.1) is 15.0 Å². The van der Waals surface area contributed by atoms with Crippen molar-refractivity contribution in [1.29, 1.82) is 0 Å². The highest BCUT2D eigenvalue weighted by Crippen LogP contribution is 2.36. The molecule has 0 aliphatic heterocycles. The van der Waals surface area contributed by atoms with Gasteiger partial charge in [-0.3, -0.25) is 4.79 Å². The molecule has 2 aromatic carbocycles. The van der Waals surface area contributed by atoms with E-state index in [9.17, 15) is 9.90 Å². The summed E-state index contributed by atoms with van der Waals surface area (Å²) < 4.78 is 0.